The summed E-state index contributed by atoms with van der Waals surface area (Å²) in [5.41, 5.74) is 2.08. The molecule has 0 radical (unpaired) electrons. The van der Waals surface area contributed by atoms with E-state index in [9.17, 15) is 9.59 Å². The number of thioether (sulfide) groups is 1. The first kappa shape index (κ1) is 14.7. The SMILES string of the molecule is COC(=O)NCCN1C(=O)C(C)Sc2cc(C)ccc21. The van der Waals surface area contributed by atoms with Gasteiger partial charge in [-0.25, -0.2) is 4.79 Å². The molecule has 2 rings (SSSR count). The second-order valence-electron chi connectivity index (χ2n) is 4.64. The minimum absolute atomic E-state index is 0.0676. The fourth-order valence-electron chi connectivity index (χ4n) is 2.09. The molecule has 1 N–H and O–H groups in total. The number of fused-ring (bicyclic) bond motifs is 1. The van der Waals surface area contributed by atoms with Crippen molar-refractivity contribution in [1.29, 1.82) is 0 Å². The molecule has 0 bridgehead atoms. The Balaban J connectivity index is 2.15. The first-order chi connectivity index (χ1) is 9.52. The van der Waals surface area contributed by atoms with Gasteiger partial charge < -0.3 is 15.0 Å². The zero-order chi connectivity index (χ0) is 14.7. The lowest BCUT2D eigenvalue weighted by Crippen LogP contribution is -2.44. The van der Waals surface area contributed by atoms with Crippen LogP contribution in [-0.4, -0.2) is 37.4 Å². The van der Waals surface area contributed by atoms with Crippen molar-refractivity contribution >= 4 is 29.4 Å². The molecular formula is C14H18N2O3S. The molecule has 1 aliphatic rings. The molecule has 5 nitrogen and oxygen atoms in total. The van der Waals surface area contributed by atoms with Crippen LogP contribution in [0.1, 0.15) is 12.5 Å². The number of benzene rings is 1. The number of ether oxygens (including phenoxy) is 1. The molecule has 1 atom stereocenters. The summed E-state index contributed by atoms with van der Waals surface area (Å²) in [4.78, 5) is 26.2. The number of nitrogens with one attached hydrogen (secondary N) is 1. The molecule has 1 aliphatic heterocycles. The molecule has 1 aromatic rings. The number of alkyl carbamates (subject to hydrolysis) is 1. The zero-order valence-electron chi connectivity index (χ0n) is 11.8. The average molecular weight is 294 g/mol. The van der Waals surface area contributed by atoms with Crippen molar-refractivity contribution in [2.75, 3.05) is 25.1 Å². The van der Waals surface area contributed by atoms with Gasteiger partial charge in [-0.1, -0.05) is 6.07 Å². The van der Waals surface area contributed by atoms with Crippen LogP contribution >= 0.6 is 11.8 Å². The molecule has 0 spiro atoms. The minimum Gasteiger partial charge on any atom is -0.453 e. The lowest BCUT2D eigenvalue weighted by Gasteiger charge is -2.32. The fourth-order valence-corrected chi connectivity index (χ4v) is 3.25. The number of carbonyl (C=O) groups is 2. The van der Waals surface area contributed by atoms with Crippen molar-refractivity contribution in [3.05, 3.63) is 23.8 Å². The molecule has 0 aromatic heterocycles. The number of nitrogens with zero attached hydrogens (tertiary/aromatic N) is 1. The fraction of sp³-hybridized carbons (Fsp3) is 0.429. The predicted molar refractivity (Wildman–Crippen MR) is 79.3 cm³/mol. The Labute approximate surface area is 122 Å². The highest BCUT2D eigenvalue weighted by Gasteiger charge is 2.30. The minimum atomic E-state index is -0.485. The Morgan fingerprint density at radius 3 is 2.95 bits per heavy atom. The van der Waals surface area contributed by atoms with Gasteiger partial charge in [0.1, 0.15) is 0 Å². The number of amides is 2. The summed E-state index contributed by atoms with van der Waals surface area (Å²) >= 11 is 1.58. The summed E-state index contributed by atoms with van der Waals surface area (Å²) in [7, 11) is 1.32. The predicted octanol–water partition coefficient (Wildman–Crippen LogP) is 2.18. The number of rotatable bonds is 3. The van der Waals surface area contributed by atoms with E-state index in [1.165, 1.54) is 12.7 Å². The van der Waals surface area contributed by atoms with E-state index in [1.54, 1.807) is 16.7 Å². The molecule has 0 fully saturated rings. The van der Waals surface area contributed by atoms with Crippen molar-refractivity contribution in [3.8, 4) is 0 Å². The smallest absolute Gasteiger partial charge is 0.406 e. The molecule has 0 saturated carbocycles. The molecule has 1 heterocycles. The maximum absolute atomic E-state index is 12.3. The summed E-state index contributed by atoms with van der Waals surface area (Å²) in [6.45, 7) is 4.74. The maximum Gasteiger partial charge on any atom is 0.406 e. The van der Waals surface area contributed by atoms with Gasteiger partial charge in [0.25, 0.3) is 0 Å². The summed E-state index contributed by atoms with van der Waals surface area (Å²) in [6, 6.07) is 6.03. The van der Waals surface area contributed by atoms with Gasteiger partial charge in [-0.05, 0) is 31.5 Å². The molecule has 0 aliphatic carbocycles. The molecule has 0 saturated heterocycles. The van der Waals surface area contributed by atoms with Crippen LogP contribution in [0.25, 0.3) is 0 Å². The van der Waals surface area contributed by atoms with Crippen LogP contribution in [0.3, 0.4) is 0 Å². The number of carbonyl (C=O) groups excluding carboxylic acids is 2. The summed E-state index contributed by atoms with van der Waals surface area (Å²) in [6.07, 6.45) is -0.485. The normalized spacial score (nSPS) is 17.6. The highest BCUT2D eigenvalue weighted by molar-refractivity contribution is 8.01. The van der Waals surface area contributed by atoms with Gasteiger partial charge in [0.05, 0.1) is 18.0 Å². The number of hydrogen-bond donors (Lipinski definition) is 1. The third-order valence-corrected chi connectivity index (χ3v) is 4.25. The van der Waals surface area contributed by atoms with E-state index in [2.05, 4.69) is 16.1 Å². The monoisotopic (exact) mass is 294 g/mol. The van der Waals surface area contributed by atoms with Gasteiger partial charge in [-0.2, -0.15) is 0 Å². The number of methoxy groups -OCH3 is 1. The molecule has 1 unspecified atom stereocenters. The lowest BCUT2D eigenvalue weighted by molar-refractivity contribution is -0.118. The van der Waals surface area contributed by atoms with Crippen LogP contribution in [0.4, 0.5) is 10.5 Å². The number of anilines is 1. The molecule has 108 valence electrons. The number of aryl methyl sites for hydroxylation is 1. The second kappa shape index (κ2) is 6.17. The van der Waals surface area contributed by atoms with Crippen LogP contribution in [0.5, 0.6) is 0 Å². The molecule has 2 amide bonds. The Morgan fingerprint density at radius 1 is 1.50 bits per heavy atom. The largest absolute Gasteiger partial charge is 0.453 e. The summed E-state index contributed by atoms with van der Waals surface area (Å²) in [5, 5.41) is 2.49. The van der Waals surface area contributed by atoms with Crippen molar-refractivity contribution in [2.24, 2.45) is 0 Å². The molecule has 20 heavy (non-hydrogen) atoms. The third kappa shape index (κ3) is 3.07. The van der Waals surface area contributed by atoms with Crippen molar-refractivity contribution in [3.63, 3.8) is 0 Å². The van der Waals surface area contributed by atoms with Gasteiger partial charge in [0.15, 0.2) is 0 Å². The quantitative estimate of drug-likeness (QED) is 0.928. The van der Waals surface area contributed by atoms with E-state index in [0.717, 1.165) is 10.6 Å². The van der Waals surface area contributed by atoms with Crippen molar-refractivity contribution in [1.82, 2.24) is 5.32 Å². The molecule has 1 aromatic carbocycles. The van der Waals surface area contributed by atoms with Crippen LogP contribution < -0.4 is 10.2 Å². The first-order valence-electron chi connectivity index (χ1n) is 6.43. The summed E-state index contributed by atoms with van der Waals surface area (Å²) in [5.74, 6) is 0.0676. The van der Waals surface area contributed by atoms with E-state index < -0.39 is 6.09 Å². The lowest BCUT2D eigenvalue weighted by atomic mass is 10.2. The third-order valence-electron chi connectivity index (χ3n) is 3.11. The van der Waals surface area contributed by atoms with Gasteiger partial charge >= 0.3 is 6.09 Å². The Morgan fingerprint density at radius 2 is 2.25 bits per heavy atom. The van der Waals surface area contributed by atoms with E-state index in [4.69, 9.17) is 0 Å². The van der Waals surface area contributed by atoms with Crippen LogP contribution in [-0.2, 0) is 9.53 Å². The second-order valence-corrected chi connectivity index (χ2v) is 6.02. The Hall–Kier alpha value is -1.69. The Bertz CT molecular complexity index is 533. The van der Waals surface area contributed by atoms with E-state index in [-0.39, 0.29) is 11.2 Å². The van der Waals surface area contributed by atoms with Gasteiger partial charge in [-0.15, -0.1) is 11.8 Å². The summed E-state index contributed by atoms with van der Waals surface area (Å²) < 4.78 is 4.52. The number of hydrogen-bond acceptors (Lipinski definition) is 4. The highest BCUT2D eigenvalue weighted by Crippen LogP contribution is 2.39. The van der Waals surface area contributed by atoms with Crippen molar-refractivity contribution in [2.45, 2.75) is 24.0 Å². The molecular weight excluding hydrogens is 276 g/mol. The van der Waals surface area contributed by atoms with Crippen LogP contribution in [0.15, 0.2) is 23.1 Å². The van der Waals surface area contributed by atoms with E-state index in [0.29, 0.717) is 13.1 Å². The first-order valence-corrected chi connectivity index (χ1v) is 7.31. The van der Waals surface area contributed by atoms with Gasteiger partial charge in [-0.3, -0.25) is 4.79 Å². The van der Waals surface area contributed by atoms with E-state index >= 15 is 0 Å². The van der Waals surface area contributed by atoms with Gasteiger partial charge in [0.2, 0.25) is 5.91 Å². The highest BCUT2D eigenvalue weighted by atomic mass is 32.2. The Kier molecular flexibility index (Phi) is 4.54. The van der Waals surface area contributed by atoms with Crippen LogP contribution in [0, 0.1) is 6.92 Å². The standard InChI is InChI=1S/C14H18N2O3S/c1-9-4-5-11-12(8-9)20-10(2)13(17)16(11)7-6-15-14(18)19-3/h4-5,8,10H,6-7H2,1-3H3,(H,15,18). The maximum atomic E-state index is 12.3. The van der Waals surface area contributed by atoms with Crippen LogP contribution in [0.2, 0.25) is 0 Å². The average Bonchev–Trinajstić information content (AvgIpc) is 2.42. The molecule has 6 heteroatoms. The zero-order valence-corrected chi connectivity index (χ0v) is 12.6. The topological polar surface area (TPSA) is 58.6 Å². The van der Waals surface area contributed by atoms with Crippen molar-refractivity contribution < 1.29 is 14.3 Å². The van der Waals surface area contributed by atoms with Gasteiger partial charge in [0, 0.05) is 18.0 Å². The van der Waals surface area contributed by atoms with E-state index in [1.807, 2.05) is 26.0 Å².